The molecule has 0 spiro atoms. The normalized spacial score (nSPS) is 13.3. The second-order valence-corrected chi connectivity index (χ2v) is 8.68. The van der Waals surface area contributed by atoms with Crippen LogP contribution < -0.4 is 10.6 Å². The number of nitrogens with one attached hydrogen (secondary N) is 2. The van der Waals surface area contributed by atoms with Crippen LogP contribution in [0.25, 0.3) is 0 Å². The third-order valence-electron chi connectivity index (χ3n) is 4.77. The highest BCUT2D eigenvalue weighted by Gasteiger charge is 2.26. The lowest BCUT2D eigenvalue weighted by Crippen LogP contribution is -2.34. The maximum absolute atomic E-state index is 3.82. The minimum absolute atomic E-state index is 0.211. The van der Waals surface area contributed by atoms with E-state index in [1.165, 1.54) is 20.9 Å². The molecule has 2 aromatic heterocycles. The molecule has 0 aliphatic rings. The molecule has 0 aliphatic heterocycles. The Morgan fingerprint density at radius 3 is 1.32 bits per heavy atom. The van der Waals surface area contributed by atoms with E-state index in [1.54, 1.807) is 0 Å². The third-order valence-corrected chi connectivity index (χ3v) is 6.68. The van der Waals surface area contributed by atoms with Gasteiger partial charge >= 0.3 is 0 Å². The first-order chi connectivity index (χ1) is 13.9. The molecular formula is C24H24N2S2. The zero-order chi connectivity index (χ0) is 19.0. The van der Waals surface area contributed by atoms with Crippen LogP contribution in [0.5, 0.6) is 0 Å². The van der Waals surface area contributed by atoms with Crippen molar-refractivity contribution in [1.82, 2.24) is 10.6 Å². The van der Waals surface area contributed by atoms with Crippen molar-refractivity contribution in [2.24, 2.45) is 0 Å². The van der Waals surface area contributed by atoms with Crippen LogP contribution in [-0.2, 0) is 13.1 Å². The quantitative estimate of drug-likeness (QED) is 0.348. The lowest BCUT2D eigenvalue weighted by atomic mass is 10.0. The first-order valence-electron chi connectivity index (χ1n) is 9.51. The van der Waals surface area contributed by atoms with Gasteiger partial charge in [-0.1, -0.05) is 72.8 Å². The summed E-state index contributed by atoms with van der Waals surface area (Å²) < 4.78 is 0. The number of thiophene rings is 2. The number of hydrogen-bond donors (Lipinski definition) is 2. The van der Waals surface area contributed by atoms with Gasteiger partial charge in [-0.15, -0.1) is 22.7 Å². The van der Waals surface area contributed by atoms with Gasteiger partial charge in [-0.3, -0.25) is 0 Å². The summed E-state index contributed by atoms with van der Waals surface area (Å²) >= 11 is 3.63. The lowest BCUT2D eigenvalue weighted by Gasteiger charge is -2.28. The van der Waals surface area contributed by atoms with Gasteiger partial charge in [0.1, 0.15) is 0 Å². The molecule has 0 aliphatic carbocycles. The highest BCUT2D eigenvalue weighted by molar-refractivity contribution is 7.10. The molecule has 4 rings (SSSR count). The molecule has 0 fully saturated rings. The Morgan fingerprint density at radius 2 is 0.964 bits per heavy atom. The molecule has 0 saturated carbocycles. The summed E-state index contributed by atoms with van der Waals surface area (Å²) in [6.07, 6.45) is 0. The SMILES string of the molecule is c1ccc(CN[C@H](c2cccs2)[C@@H](NCc2ccccc2)c2cccs2)cc1. The van der Waals surface area contributed by atoms with Crippen LogP contribution in [0.1, 0.15) is 33.0 Å². The molecule has 2 atom stereocenters. The van der Waals surface area contributed by atoms with Crippen LogP contribution in [0, 0.1) is 0 Å². The Morgan fingerprint density at radius 1 is 0.536 bits per heavy atom. The molecule has 142 valence electrons. The molecule has 2 N–H and O–H groups in total. The summed E-state index contributed by atoms with van der Waals surface area (Å²) in [6.45, 7) is 1.69. The molecule has 28 heavy (non-hydrogen) atoms. The predicted molar refractivity (Wildman–Crippen MR) is 121 cm³/mol. The minimum Gasteiger partial charge on any atom is -0.304 e. The van der Waals surface area contributed by atoms with Gasteiger partial charge in [0.25, 0.3) is 0 Å². The van der Waals surface area contributed by atoms with Gasteiger partial charge in [0, 0.05) is 22.8 Å². The van der Waals surface area contributed by atoms with E-state index < -0.39 is 0 Å². The van der Waals surface area contributed by atoms with Gasteiger partial charge in [0.15, 0.2) is 0 Å². The van der Waals surface area contributed by atoms with Gasteiger partial charge in [-0.25, -0.2) is 0 Å². The van der Waals surface area contributed by atoms with Crippen molar-refractivity contribution in [3.8, 4) is 0 Å². The van der Waals surface area contributed by atoms with Crippen LogP contribution in [0.15, 0.2) is 95.7 Å². The Balaban J connectivity index is 1.57. The third kappa shape index (κ3) is 4.97. The molecule has 0 bridgehead atoms. The number of rotatable bonds is 9. The van der Waals surface area contributed by atoms with Crippen molar-refractivity contribution >= 4 is 22.7 Å². The molecule has 2 aromatic carbocycles. The van der Waals surface area contributed by atoms with E-state index in [0.29, 0.717) is 0 Å². The smallest absolute Gasteiger partial charge is 0.0623 e. The summed E-state index contributed by atoms with van der Waals surface area (Å²) in [5.41, 5.74) is 2.61. The van der Waals surface area contributed by atoms with Gasteiger partial charge in [-0.05, 0) is 34.0 Å². The molecule has 2 heterocycles. The molecule has 0 unspecified atom stereocenters. The molecule has 4 heteroatoms. The van der Waals surface area contributed by atoms with Crippen molar-refractivity contribution in [2.45, 2.75) is 25.2 Å². The molecule has 0 saturated heterocycles. The van der Waals surface area contributed by atoms with Gasteiger partial charge in [0.2, 0.25) is 0 Å². The fourth-order valence-electron chi connectivity index (χ4n) is 3.35. The zero-order valence-corrected chi connectivity index (χ0v) is 17.3. The molecule has 4 aromatic rings. The maximum atomic E-state index is 3.82. The highest BCUT2D eigenvalue weighted by atomic mass is 32.1. The van der Waals surface area contributed by atoms with Crippen molar-refractivity contribution in [3.63, 3.8) is 0 Å². The van der Waals surface area contributed by atoms with E-state index in [1.807, 2.05) is 22.7 Å². The largest absolute Gasteiger partial charge is 0.304 e. The average Bonchev–Trinajstić information content (AvgIpc) is 3.46. The Bertz CT molecular complexity index is 840. The lowest BCUT2D eigenvalue weighted by molar-refractivity contribution is 0.390. The molecular weight excluding hydrogens is 380 g/mol. The number of benzene rings is 2. The second-order valence-electron chi connectivity index (χ2n) is 6.72. The second kappa shape index (κ2) is 9.80. The van der Waals surface area contributed by atoms with Crippen LogP contribution in [0.4, 0.5) is 0 Å². The fraction of sp³-hybridized carbons (Fsp3) is 0.167. The summed E-state index contributed by atoms with van der Waals surface area (Å²) in [7, 11) is 0. The Kier molecular flexibility index (Phi) is 6.68. The van der Waals surface area contributed by atoms with E-state index in [0.717, 1.165) is 13.1 Å². The van der Waals surface area contributed by atoms with Gasteiger partial charge in [-0.2, -0.15) is 0 Å². The van der Waals surface area contributed by atoms with E-state index in [9.17, 15) is 0 Å². The van der Waals surface area contributed by atoms with Crippen LogP contribution >= 0.6 is 22.7 Å². The monoisotopic (exact) mass is 404 g/mol. The average molecular weight is 405 g/mol. The minimum atomic E-state index is 0.211. The topological polar surface area (TPSA) is 24.1 Å². The van der Waals surface area contributed by atoms with Crippen molar-refractivity contribution in [1.29, 1.82) is 0 Å². The predicted octanol–water partition coefficient (Wildman–Crippen LogP) is 6.17. The van der Waals surface area contributed by atoms with Crippen LogP contribution in [0.2, 0.25) is 0 Å². The highest BCUT2D eigenvalue weighted by Crippen LogP contribution is 2.34. The molecule has 0 amide bonds. The van der Waals surface area contributed by atoms with E-state index in [2.05, 4.69) is 106 Å². The van der Waals surface area contributed by atoms with E-state index >= 15 is 0 Å². The first kappa shape index (κ1) is 19.1. The standard InChI is InChI=1S/C24H24N2S2/c1-3-9-19(10-4-1)17-25-23(21-13-7-15-27-21)24(22-14-8-16-28-22)26-18-20-11-5-2-6-12-20/h1-16,23-26H,17-18H2/t23-,24+. The summed E-state index contributed by atoms with van der Waals surface area (Å²) in [4.78, 5) is 2.71. The van der Waals surface area contributed by atoms with Crippen molar-refractivity contribution in [2.75, 3.05) is 0 Å². The molecule has 0 radical (unpaired) electrons. The fourth-order valence-corrected chi connectivity index (χ4v) is 5.02. The summed E-state index contributed by atoms with van der Waals surface area (Å²) in [5, 5.41) is 12.0. The van der Waals surface area contributed by atoms with Crippen LogP contribution in [0.3, 0.4) is 0 Å². The zero-order valence-electron chi connectivity index (χ0n) is 15.6. The van der Waals surface area contributed by atoms with E-state index in [-0.39, 0.29) is 12.1 Å². The Labute approximate surface area is 174 Å². The van der Waals surface area contributed by atoms with Crippen molar-refractivity contribution < 1.29 is 0 Å². The first-order valence-corrected chi connectivity index (χ1v) is 11.3. The van der Waals surface area contributed by atoms with E-state index in [4.69, 9.17) is 0 Å². The molecule has 2 nitrogen and oxygen atoms in total. The Hall–Kier alpha value is -2.24. The number of hydrogen-bond acceptors (Lipinski definition) is 4. The maximum Gasteiger partial charge on any atom is 0.0623 e. The summed E-state index contributed by atoms with van der Waals surface area (Å²) in [6, 6.07) is 30.4. The van der Waals surface area contributed by atoms with Gasteiger partial charge in [0.05, 0.1) is 12.1 Å². The summed E-state index contributed by atoms with van der Waals surface area (Å²) in [5.74, 6) is 0. The van der Waals surface area contributed by atoms with Crippen molar-refractivity contribution in [3.05, 3.63) is 117 Å². The van der Waals surface area contributed by atoms with Crippen LogP contribution in [-0.4, -0.2) is 0 Å². The van der Waals surface area contributed by atoms with Gasteiger partial charge < -0.3 is 10.6 Å².